The number of hydrogen-bond acceptors (Lipinski definition) is 4. The van der Waals surface area contributed by atoms with Crippen LogP contribution in [-0.4, -0.2) is 55.3 Å². The fraction of sp³-hybridized carbons (Fsp3) is 0.846. The first-order valence-electron chi connectivity index (χ1n) is 7.17. The van der Waals surface area contributed by atoms with Crippen LogP contribution in [0.15, 0.2) is 0 Å². The van der Waals surface area contributed by atoms with E-state index in [1.165, 1.54) is 4.90 Å². The van der Waals surface area contributed by atoms with E-state index in [9.17, 15) is 18.0 Å². The molecule has 116 valence electrons. The Morgan fingerprint density at radius 2 is 1.80 bits per heavy atom. The predicted octanol–water partition coefficient (Wildman–Crippen LogP) is 0.327. The van der Waals surface area contributed by atoms with E-state index in [0.717, 1.165) is 0 Å². The number of carbonyl (C=O) groups is 2. The SMILES string of the molecule is CCC1NC(=O)C(CC)N(CCCS(=O)(=O)CC)C1=O. The minimum atomic E-state index is -3.03. The summed E-state index contributed by atoms with van der Waals surface area (Å²) < 4.78 is 23.0. The summed E-state index contributed by atoms with van der Waals surface area (Å²) in [6, 6.07) is -0.956. The van der Waals surface area contributed by atoms with Gasteiger partial charge in [0, 0.05) is 12.3 Å². The van der Waals surface area contributed by atoms with E-state index in [-0.39, 0.29) is 23.3 Å². The average molecular weight is 304 g/mol. The van der Waals surface area contributed by atoms with Crippen LogP contribution < -0.4 is 5.32 Å². The van der Waals surface area contributed by atoms with Crippen molar-refractivity contribution in [1.29, 1.82) is 0 Å². The van der Waals surface area contributed by atoms with E-state index in [1.807, 2.05) is 13.8 Å². The molecule has 0 saturated carbocycles. The molecule has 1 heterocycles. The fourth-order valence-electron chi connectivity index (χ4n) is 2.37. The van der Waals surface area contributed by atoms with Crippen LogP contribution in [-0.2, 0) is 19.4 Å². The molecule has 1 saturated heterocycles. The molecule has 7 heteroatoms. The number of piperazine rings is 1. The molecule has 6 nitrogen and oxygen atoms in total. The van der Waals surface area contributed by atoms with E-state index in [4.69, 9.17) is 0 Å². The van der Waals surface area contributed by atoms with Crippen molar-refractivity contribution in [3.05, 3.63) is 0 Å². The molecule has 1 aliphatic heterocycles. The van der Waals surface area contributed by atoms with E-state index in [2.05, 4.69) is 5.32 Å². The molecule has 0 aromatic heterocycles. The molecule has 20 heavy (non-hydrogen) atoms. The first-order valence-corrected chi connectivity index (χ1v) is 8.99. The normalized spacial score (nSPS) is 23.9. The highest BCUT2D eigenvalue weighted by atomic mass is 32.2. The Morgan fingerprint density at radius 3 is 2.30 bits per heavy atom. The van der Waals surface area contributed by atoms with Gasteiger partial charge in [-0.05, 0) is 19.3 Å². The molecule has 1 rings (SSSR count). The summed E-state index contributed by atoms with van der Waals surface area (Å²) >= 11 is 0. The summed E-state index contributed by atoms with van der Waals surface area (Å²) in [5, 5.41) is 2.72. The van der Waals surface area contributed by atoms with Crippen LogP contribution in [0.2, 0.25) is 0 Å². The van der Waals surface area contributed by atoms with E-state index in [1.54, 1.807) is 6.92 Å². The molecule has 2 amide bonds. The van der Waals surface area contributed by atoms with Gasteiger partial charge in [0.1, 0.15) is 21.9 Å². The Labute approximate surface area is 120 Å². The van der Waals surface area contributed by atoms with E-state index < -0.39 is 21.9 Å². The zero-order valence-corrected chi connectivity index (χ0v) is 13.2. The molecule has 0 radical (unpaired) electrons. The minimum Gasteiger partial charge on any atom is -0.343 e. The number of nitrogens with one attached hydrogen (secondary N) is 1. The van der Waals surface area contributed by atoms with Gasteiger partial charge in [-0.3, -0.25) is 9.59 Å². The minimum absolute atomic E-state index is 0.0577. The van der Waals surface area contributed by atoms with Crippen LogP contribution in [0.1, 0.15) is 40.0 Å². The zero-order valence-electron chi connectivity index (χ0n) is 12.4. The second-order valence-corrected chi connectivity index (χ2v) is 7.49. The van der Waals surface area contributed by atoms with Crippen molar-refractivity contribution < 1.29 is 18.0 Å². The van der Waals surface area contributed by atoms with Crippen LogP contribution >= 0.6 is 0 Å². The Morgan fingerprint density at radius 1 is 1.15 bits per heavy atom. The summed E-state index contributed by atoms with van der Waals surface area (Å²) in [6.45, 7) is 5.62. The summed E-state index contributed by atoms with van der Waals surface area (Å²) in [7, 11) is -3.03. The third-order valence-corrected chi connectivity index (χ3v) is 5.46. The zero-order chi connectivity index (χ0) is 15.3. The number of carbonyl (C=O) groups excluding carboxylic acids is 2. The molecule has 1 fully saturated rings. The molecular formula is C13H24N2O4S. The lowest BCUT2D eigenvalue weighted by molar-refractivity contribution is -0.149. The number of hydrogen-bond donors (Lipinski definition) is 1. The third-order valence-electron chi connectivity index (χ3n) is 3.67. The molecule has 1 aliphatic rings. The second-order valence-electron chi connectivity index (χ2n) is 5.02. The van der Waals surface area contributed by atoms with Crippen molar-refractivity contribution in [3.8, 4) is 0 Å². The van der Waals surface area contributed by atoms with Crippen molar-refractivity contribution >= 4 is 21.7 Å². The van der Waals surface area contributed by atoms with Gasteiger partial charge in [0.15, 0.2) is 0 Å². The fourth-order valence-corrected chi connectivity index (χ4v) is 3.23. The van der Waals surface area contributed by atoms with Gasteiger partial charge in [-0.25, -0.2) is 8.42 Å². The molecule has 0 aromatic rings. The summed E-state index contributed by atoms with van der Waals surface area (Å²) in [4.78, 5) is 25.7. The molecule has 0 aromatic carbocycles. The summed E-state index contributed by atoms with van der Waals surface area (Å²) in [5.41, 5.74) is 0. The maximum atomic E-state index is 12.3. The van der Waals surface area contributed by atoms with Gasteiger partial charge in [-0.15, -0.1) is 0 Å². The van der Waals surface area contributed by atoms with Gasteiger partial charge in [0.05, 0.1) is 5.75 Å². The standard InChI is InChI=1S/C13H24N2O4S/c1-4-10-13(17)15(11(5-2)12(16)14-10)8-7-9-20(18,19)6-3/h10-11H,4-9H2,1-3H3,(H,14,16). The van der Waals surface area contributed by atoms with Crippen molar-refractivity contribution in [2.75, 3.05) is 18.1 Å². The largest absolute Gasteiger partial charge is 0.343 e. The number of amides is 2. The van der Waals surface area contributed by atoms with Crippen LogP contribution in [0.25, 0.3) is 0 Å². The highest BCUT2D eigenvalue weighted by Crippen LogP contribution is 2.15. The summed E-state index contributed by atoms with van der Waals surface area (Å²) in [5.74, 6) is -0.0802. The first kappa shape index (κ1) is 16.9. The van der Waals surface area contributed by atoms with Gasteiger partial charge in [-0.2, -0.15) is 0 Å². The highest BCUT2D eigenvalue weighted by molar-refractivity contribution is 7.91. The number of rotatable bonds is 7. The lowest BCUT2D eigenvalue weighted by Gasteiger charge is -2.38. The van der Waals surface area contributed by atoms with E-state index >= 15 is 0 Å². The summed E-state index contributed by atoms with van der Waals surface area (Å²) in [6.07, 6.45) is 1.46. The van der Waals surface area contributed by atoms with Gasteiger partial charge >= 0.3 is 0 Å². The van der Waals surface area contributed by atoms with Crippen LogP contribution in [0, 0.1) is 0 Å². The molecular weight excluding hydrogens is 280 g/mol. The second kappa shape index (κ2) is 7.06. The Kier molecular flexibility index (Phi) is 5.98. The Balaban J connectivity index is 2.72. The van der Waals surface area contributed by atoms with Crippen molar-refractivity contribution in [3.63, 3.8) is 0 Å². The molecule has 2 unspecified atom stereocenters. The van der Waals surface area contributed by atoms with Crippen molar-refractivity contribution in [2.24, 2.45) is 0 Å². The Hall–Kier alpha value is -1.11. The first-order chi connectivity index (χ1) is 9.36. The molecule has 0 spiro atoms. The van der Waals surface area contributed by atoms with E-state index in [0.29, 0.717) is 25.8 Å². The third kappa shape index (κ3) is 3.94. The molecule has 1 N–H and O–H groups in total. The van der Waals surface area contributed by atoms with Crippen LogP contribution in [0.5, 0.6) is 0 Å². The number of sulfone groups is 1. The Bertz CT molecular complexity index is 461. The monoisotopic (exact) mass is 304 g/mol. The number of nitrogens with zero attached hydrogens (tertiary/aromatic N) is 1. The van der Waals surface area contributed by atoms with Crippen LogP contribution in [0.4, 0.5) is 0 Å². The van der Waals surface area contributed by atoms with Crippen molar-refractivity contribution in [2.45, 2.75) is 52.1 Å². The highest BCUT2D eigenvalue weighted by Gasteiger charge is 2.38. The van der Waals surface area contributed by atoms with Gasteiger partial charge < -0.3 is 10.2 Å². The van der Waals surface area contributed by atoms with Gasteiger partial charge in [0.25, 0.3) is 0 Å². The van der Waals surface area contributed by atoms with Crippen molar-refractivity contribution in [1.82, 2.24) is 10.2 Å². The topological polar surface area (TPSA) is 83.6 Å². The predicted molar refractivity (Wildman–Crippen MR) is 77.0 cm³/mol. The maximum Gasteiger partial charge on any atom is 0.245 e. The average Bonchev–Trinajstić information content (AvgIpc) is 2.42. The maximum absolute atomic E-state index is 12.3. The van der Waals surface area contributed by atoms with Gasteiger partial charge in [0.2, 0.25) is 11.8 Å². The lowest BCUT2D eigenvalue weighted by Crippen LogP contribution is -2.63. The molecule has 0 bridgehead atoms. The molecule has 2 atom stereocenters. The smallest absolute Gasteiger partial charge is 0.245 e. The quantitative estimate of drug-likeness (QED) is 0.734. The lowest BCUT2D eigenvalue weighted by atomic mass is 10.0. The molecule has 0 aliphatic carbocycles. The van der Waals surface area contributed by atoms with Gasteiger partial charge in [-0.1, -0.05) is 20.8 Å². The van der Waals surface area contributed by atoms with Crippen LogP contribution in [0.3, 0.4) is 0 Å².